The van der Waals surface area contributed by atoms with Gasteiger partial charge in [0.25, 0.3) is 0 Å². The summed E-state index contributed by atoms with van der Waals surface area (Å²) in [5.41, 5.74) is 1.07. The summed E-state index contributed by atoms with van der Waals surface area (Å²) in [7, 11) is 0. The first-order chi connectivity index (χ1) is 6.74. The van der Waals surface area contributed by atoms with E-state index >= 15 is 0 Å². The van der Waals surface area contributed by atoms with E-state index < -0.39 is 0 Å². The molecule has 0 spiro atoms. The van der Waals surface area contributed by atoms with Gasteiger partial charge in [-0.1, -0.05) is 6.08 Å². The lowest BCUT2D eigenvalue weighted by Gasteiger charge is -1.98. The highest BCUT2D eigenvalue weighted by Crippen LogP contribution is 1.95. The molecule has 0 aliphatic carbocycles. The third-order valence-corrected chi connectivity index (χ3v) is 1.75. The monoisotopic (exact) mass is 194 g/mol. The summed E-state index contributed by atoms with van der Waals surface area (Å²) in [6.07, 6.45) is 4.89. The van der Waals surface area contributed by atoms with Gasteiger partial charge in [-0.05, 0) is 19.9 Å². The van der Waals surface area contributed by atoms with Crippen LogP contribution in [0.5, 0.6) is 0 Å². The van der Waals surface area contributed by atoms with Gasteiger partial charge in [0, 0.05) is 18.0 Å². The molecule has 4 heteroatoms. The second kappa shape index (κ2) is 5.21. The fourth-order valence-electron chi connectivity index (χ4n) is 1.03. The van der Waals surface area contributed by atoms with Crippen molar-refractivity contribution in [2.45, 2.75) is 20.4 Å². The molecule has 0 amide bonds. The molecule has 0 saturated carbocycles. The van der Waals surface area contributed by atoms with Crippen molar-refractivity contribution in [1.82, 2.24) is 9.78 Å². The number of nitrogens with zero attached hydrogens (tertiary/aromatic N) is 2. The highest BCUT2D eigenvalue weighted by atomic mass is 16.5. The second-order valence-corrected chi connectivity index (χ2v) is 2.81. The Morgan fingerprint density at radius 2 is 2.50 bits per heavy atom. The van der Waals surface area contributed by atoms with Crippen molar-refractivity contribution in [3.8, 4) is 0 Å². The first-order valence-corrected chi connectivity index (χ1v) is 4.55. The van der Waals surface area contributed by atoms with Gasteiger partial charge in [0.1, 0.15) is 0 Å². The van der Waals surface area contributed by atoms with Crippen molar-refractivity contribution < 1.29 is 9.53 Å². The van der Waals surface area contributed by atoms with Crippen LogP contribution in [0.25, 0.3) is 0 Å². The zero-order chi connectivity index (χ0) is 10.4. The Balaban J connectivity index is 2.41. The van der Waals surface area contributed by atoms with Crippen LogP contribution in [-0.4, -0.2) is 22.4 Å². The molecule has 0 aliphatic rings. The van der Waals surface area contributed by atoms with Crippen LogP contribution in [0.4, 0.5) is 0 Å². The Morgan fingerprint density at radius 3 is 3.07 bits per heavy atom. The summed E-state index contributed by atoms with van der Waals surface area (Å²) in [4.78, 5) is 10.9. The molecular weight excluding hydrogens is 180 g/mol. The lowest BCUT2D eigenvalue weighted by molar-refractivity contribution is -0.137. The number of carbonyl (C=O) groups is 1. The highest BCUT2D eigenvalue weighted by Gasteiger charge is 1.95. The maximum absolute atomic E-state index is 10.9. The van der Waals surface area contributed by atoms with Gasteiger partial charge in [0.05, 0.1) is 13.2 Å². The predicted molar refractivity (Wildman–Crippen MR) is 52.7 cm³/mol. The molecule has 0 radical (unpaired) electrons. The molecule has 0 unspecified atom stereocenters. The van der Waals surface area contributed by atoms with Crippen molar-refractivity contribution in [2.24, 2.45) is 0 Å². The molecule has 14 heavy (non-hydrogen) atoms. The van der Waals surface area contributed by atoms with Crippen molar-refractivity contribution in [1.29, 1.82) is 0 Å². The average Bonchev–Trinajstić information content (AvgIpc) is 2.52. The highest BCUT2D eigenvalue weighted by molar-refractivity contribution is 5.81. The van der Waals surface area contributed by atoms with E-state index in [1.165, 1.54) is 6.08 Å². The van der Waals surface area contributed by atoms with Crippen LogP contribution in [0.1, 0.15) is 12.6 Å². The molecule has 0 saturated heterocycles. The maximum atomic E-state index is 10.9. The normalized spacial score (nSPS) is 10.7. The summed E-state index contributed by atoms with van der Waals surface area (Å²) in [5.74, 6) is -0.308. The fourth-order valence-corrected chi connectivity index (χ4v) is 1.03. The van der Waals surface area contributed by atoms with E-state index in [-0.39, 0.29) is 5.97 Å². The van der Waals surface area contributed by atoms with E-state index in [0.29, 0.717) is 13.2 Å². The smallest absolute Gasteiger partial charge is 0.330 e. The Hall–Kier alpha value is -1.58. The van der Waals surface area contributed by atoms with Crippen LogP contribution < -0.4 is 0 Å². The lowest BCUT2D eigenvalue weighted by atomic mass is 10.4. The van der Waals surface area contributed by atoms with Gasteiger partial charge < -0.3 is 4.74 Å². The summed E-state index contributed by atoms with van der Waals surface area (Å²) in [5, 5.41) is 4.07. The summed E-state index contributed by atoms with van der Waals surface area (Å²) >= 11 is 0. The zero-order valence-electron chi connectivity index (χ0n) is 8.43. The number of aryl methyl sites for hydroxylation is 1. The van der Waals surface area contributed by atoms with Crippen molar-refractivity contribution in [2.75, 3.05) is 6.61 Å². The molecule has 0 aliphatic heterocycles. The summed E-state index contributed by atoms with van der Waals surface area (Å²) in [6.45, 7) is 4.75. The van der Waals surface area contributed by atoms with Crippen LogP contribution in [-0.2, 0) is 16.1 Å². The van der Waals surface area contributed by atoms with Gasteiger partial charge in [-0.15, -0.1) is 0 Å². The number of hydrogen-bond donors (Lipinski definition) is 0. The third-order valence-electron chi connectivity index (χ3n) is 1.75. The number of aromatic nitrogens is 2. The van der Waals surface area contributed by atoms with Gasteiger partial charge in [-0.25, -0.2) is 4.79 Å². The third kappa shape index (κ3) is 3.05. The summed E-state index contributed by atoms with van der Waals surface area (Å²) in [6, 6.07) is 1.91. The molecule has 1 aromatic rings. The minimum atomic E-state index is -0.308. The molecule has 76 valence electrons. The van der Waals surface area contributed by atoms with Crippen LogP contribution in [0, 0.1) is 6.92 Å². The molecule has 0 atom stereocenters. The van der Waals surface area contributed by atoms with Gasteiger partial charge in [0.15, 0.2) is 0 Å². The molecular formula is C10H14N2O2. The van der Waals surface area contributed by atoms with Crippen LogP contribution in [0.3, 0.4) is 0 Å². The van der Waals surface area contributed by atoms with Gasteiger partial charge >= 0.3 is 5.97 Å². The van der Waals surface area contributed by atoms with Gasteiger partial charge in [0.2, 0.25) is 0 Å². The van der Waals surface area contributed by atoms with E-state index in [9.17, 15) is 4.79 Å². The van der Waals surface area contributed by atoms with E-state index in [4.69, 9.17) is 4.74 Å². The number of carbonyl (C=O) groups excluding carboxylic acids is 1. The molecule has 4 nitrogen and oxygen atoms in total. The first-order valence-electron chi connectivity index (χ1n) is 4.55. The summed E-state index contributed by atoms with van der Waals surface area (Å²) < 4.78 is 6.54. The van der Waals surface area contributed by atoms with Crippen molar-refractivity contribution >= 4 is 5.97 Å². The Morgan fingerprint density at radius 1 is 1.71 bits per heavy atom. The lowest BCUT2D eigenvalue weighted by Crippen LogP contribution is -2.02. The van der Waals surface area contributed by atoms with Crippen molar-refractivity contribution in [3.05, 3.63) is 30.1 Å². The second-order valence-electron chi connectivity index (χ2n) is 2.81. The maximum Gasteiger partial charge on any atom is 0.330 e. The molecule has 0 N–H and O–H groups in total. The Labute approximate surface area is 83.2 Å². The largest absolute Gasteiger partial charge is 0.463 e. The Bertz CT molecular complexity index is 329. The number of hydrogen-bond acceptors (Lipinski definition) is 3. The number of rotatable bonds is 4. The molecule has 0 aromatic carbocycles. The standard InChI is InChI=1S/C10H14N2O2/c1-3-14-10(13)5-4-8-12-9(2)6-7-11-12/h4-7H,3,8H2,1-2H3/b5-4+. The minimum Gasteiger partial charge on any atom is -0.463 e. The topological polar surface area (TPSA) is 44.1 Å². The quantitative estimate of drug-likeness (QED) is 0.536. The number of esters is 1. The minimum absolute atomic E-state index is 0.308. The van der Waals surface area contributed by atoms with Crippen molar-refractivity contribution in [3.63, 3.8) is 0 Å². The van der Waals surface area contributed by atoms with E-state index in [0.717, 1.165) is 5.69 Å². The van der Waals surface area contributed by atoms with E-state index in [1.54, 1.807) is 23.9 Å². The first kappa shape index (κ1) is 10.5. The van der Waals surface area contributed by atoms with Crippen LogP contribution in [0.15, 0.2) is 24.4 Å². The number of ether oxygens (including phenoxy) is 1. The van der Waals surface area contributed by atoms with E-state index in [1.807, 2.05) is 13.0 Å². The molecule has 1 aromatic heterocycles. The predicted octanol–water partition coefficient (Wildman–Crippen LogP) is 1.31. The van der Waals surface area contributed by atoms with Crippen LogP contribution >= 0.6 is 0 Å². The van der Waals surface area contributed by atoms with Gasteiger partial charge in [-0.3, -0.25) is 4.68 Å². The molecule has 0 bridgehead atoms. The average molecular weight is 194 g/mol. The van der Waals surface area contributed by atoms with Gasteiger partial charge in [-0.2, -0.15) is 5.10 Å². The van der Waals surface area contributed by atoms with Crippen LogP contribution in [0.2, 0.25) is 0 Å². The SMILES string of the molecule is CCOC(=O)/C=C/Cn1nccc1C. The zero-order valence-corrected chi connectivity index (χ0v) is 8.43. The molecule has 1 heterocycles. The molecule has 1 rings (SSSR count). The fraction of sp³-hybridized carbons (Fsp3) is 0.400. The Kier molecular flexibility index (Phi) is 3.91. The van der Waals surface area contributed by atoms with E-state index in [2.05, 4.69) is 5.10 Å². The number of allylic oxidation sites excluding steroid dienone is 1. The molecule has 0 fully saturated rings.